The van der Waals surface area contributed by atoms with Gasteiger partial charge in [-0.3, -0.25) is 14.0 Å². The number of unbranched alkanes of at least 4 members (excludes halogenated alkanes) is 3. The van der Waals surface area contributed by atoms with Gasteiger partial charge in [0.1, 0.15) is 5.78 Å². The van der Waals surface area contributed by atoms with Gasteiger partial charge in [-0.1, -0.05) is 44.8 Å². The van der Waals surface area contributed by atoms with Crippen LogP contribution in [-0.4, -0.2) is 42.0 Å². The Kier molecular flexibility index (Phi) is 13.5. The molecule has 0 radical (unpaired) electrons. The van der Waals surface area contributed by atoms with Crippen molar-refractivity contribution in [2.24, 2.45) is 17.8 Å². The maximum atomic E-state index is 13.1. The molecule has 0 amide bonds. The largest absolute Gasteiger partial charge is 0.464 e. The van der Waals surface area contributed by atoms with Gasteiger partial charge in [0.05, 0.1) is 13.3 Å². The Labute approximate surface area is 180 Å². The van der Waals surface area contributed by atoms with E-state index < -0.39 is 17.9 Å². The van der Waals surface area contributed by atoms with Crippen molar-refractivity contribution in [1.82, 2.24) is 0 Å². The van der Waals surface area contributed by atoms with Gasteiger partial charge in [0.2, 0.25) is 6.10 Å². The summed E-state index contributed by atoms with van der Waals surface area (Å²) < 4.78 is 17.7. The first-order chi connectivity index (χ1) is 14.4. The number of hydrogen-bond donors (Lipinski definition) is 1. The first-order valence-corrected chi connectivity index (χ1v) is 11.6. The zero-order valence-corrected chi connectivity index (χ0v) is 18.6. The van der Waals surface area contributed by atoms with Crippen molar-refractivity contribution in [2.75, 3.05) is 13.3 Å². The number of aliphatic hydroxyl groups excluding tert-OH is 1. The topological polar surface area (TPSA) is 80.7 Å². The number of ether oxygens (including phenoxy) is 1. The number of halogens is 1. The SMILES string of the molecule is CCCC[C@@H](CF)CC=C[C@H]1CCC(=O)[C@@H]1CCCCCC(=O)C(O)C(=O)OCC. The van der Waals surface area contributed by atoms with Crippen LogP contribution in [0.4, 0.5) is 4.39 Å². The van der Waals surface area contributed by atoms with E-state index in [-0.39, 0.29) is 37.5 Å². The molecule has 0 spiro atoms. The zero-order valence-electron chi connectivity index (χ0n) is 18.6. The van der Waals surface area contributed by atoms with Crippen molar-refractivity contribution in [1.29, 1.82) is 0 Å². The van der Waals surface area contributed by atoms with Crippen LogP contribution in [0.25, 0.3) is 0 Å². The standard InChI is InChI=1S/C24H39FO5/c1-3-5-10-18(17-25)11-9-12-19-15-16-21(26)20(19)13-7-6-8-14-22(27)23(28)24(29)30-4-2/h9,12,18-20,23,28H,3-8,10-11,13-17H2,1-2H3/t18-,19+,20-,23?/m1/s1. The van der Waals surface area contributed by atoms with Crippen LogP contribution < -0.4 is 0 Å². The van der Waals surface area contributed by atoms with Crippen LogP contribution >= 0.6 is 0 Å². The molecule has 6 heteroatoms. The molecule has 0 aromatic carbocycles. The molecule has 0 aromatic heterocycles. The van der Waals surface area contributed by atoms with Gasteiger partial charge in [-0.15, -0.1) is 0 Å². The number of ketones is 2. The van der Waals surface area contributed by atoms with Crippen molar-refractivity contribution in [3.8, 4) is 0 Å². The third kappa shape index (κ3) is 9.50. The number of carbonyl (C=O) groups excluding carboxylic acids is 3. The summed E-state index contributed by atoms with van der Waals surface area (Å²) in [5.74, 6) is -0.779. The van der Waals surface area contributed by atoms with Gasteiger partial charge < -0.3 is 9.84 Å². The molecule has 0 heterocycles. The van der Waals surface area contributed by atoms with Crippen molar-refractivity contribution in [2.45, 2.75) is 90.6 Å². The lowest BCUT2D eigenvalue weighted by molar-refractivity contribution is -0.157. The van der Waals surface area contributed by atoms with Gasteiger partial charge in [0.25, 0.3) is 0 Å². The number of carbonyl (C=O) groups is 3. The first kappa shape index (κ1) is 26.5. The highest BCUT2D eigenvalue weighted by Crippen LogP contribution is 2.34. The summed E-state index contributed by atoms with van der Waals surface area (Å²) in [6, 6.07) is 0. The summed E-state index contributed by atoms with van der Waals surface area (Å²) in [5.41, 5.74) is 0. The van der Waals surface area contributed by atoms with Gasteiger partial charge in [0, 0.05) is 18.8 Å². The molecule has 4 atom stereocenters. The molecule has 1 fully saturated rings. The van der Waals surface area contributed by atoms with Gasteiger partial charge in [-0.05, 0) is 50.9 Å². The van der Waals surface area contributed by atoms with Crippen LogP contribution in [0.3, 0.4) is 0 Å². The molecule has 0 bridgehead atoms. The van der Waals surface area contributed by atoms with Gasteiger partial charge in [-0.25, -0.2) is 4.79 Å². The highest BCUT2D eigenvalue weighted by atomic mass is 19.1. The average molecular weight is 427 g/mol. The van der Waals surface area contributed by atoms with E-state index in [0.717, 1.165) is 51.4 Å². The molecule has 1 rings (SSSR count). The van der Waals surface area contributed by atoms with Crippen LogP contribution in [0.15, 0.2) is 12.2 Å². The van der Waals surface area contributed by atoms with Crippen molar-refractivity contribution in [3.63, 3.8) is 0 Å². The molecule has 1 aliphatic rings. The van der Waals surface area contributed by atoms with Crippen LogP contribution in [0.5, 0.6) is 0 Å². The lowest BCUT2D eigenvalue weighted by atomic mass is 9.89. The monoisotopic (exact) mass is 426 g/mol. The summed E-state index contributed by atoms with van der Waals surface area (Å²) in [4.78, 5) is 35.4. The minimum atomic E-state index is -1.69. The molecule has 5 nitrogen and oxygen atoms in total. The molecule has 0 aliphatic heterocycles. The average Bonchev–Trinajstić information content (AvgIpc) is 3.09. The summed E-state index contributed by atoms with van der Waals surface area (Å²) in [6.45, 7) is 3.56. The molecule has 1 aliphatic carbocycles. The minimum absolute atomic E-state index is 0.0153. The number of esters is 1. The third-order valence-corrected chi connectivity index (χ3v) is 5.94. The van der Waals surface area contributed by atoms with E-state index in [4.69, 9.17) is 0 Å². The molecule has 0 saturated heterocycles. The third-order valence-electron chi connectivity index (χ3n) is 5.94. The number of alkyl halides is 1. The van der Waals surface area contributed by atoms with Gasteiger partial charge in [0.15, 0.2) is 5.78 Å². The second kappa shape index (κ2) is 15.3. The molecule has 1 N–H and O–H groups in total. The van der Waals surface area contributed by atoms with Crippen LogP contribution in [0.1, 0.15) is 84.5 Å². The van der Waals surface area contributed by atoms with Crippen molar-refractivity contribution in [3.05, 3.63) is 12.2 Å². The highest BCUT2D eigenvalue weighted by molar-refractivity contribution is 6.01. The van der Waals surface area contributed by atoms with Crippen LogP contribution in [0, 0.1) is 17.8 Å². The smallest absolute Gasteiger partial charge is 0.342 e. The van der Waals surface area contributed by atoms with Crippen LogP contribution in [0.2, 0.25) is 0 Å². The summed E-state index contributed by atoms with van der Waals surface area (Å²) >= 11 is 0. The molecular formula is C24H39FO5. The summed E-state index contributed by atoms with van der Waals surface area (Å²) in [6.07, 6.45) is 10.8. The Bertz CT molecular complexity index is 560. The number of allylic oxidation sites excluding steroid dienone is 2. The van der Waals surface area contributed by atoms with E-state index in [1.54, 1.807) is 6.92 Å². The maximum Gasteiger partial charge on any atom is 0.342 e. The minimum Gasteiger partial charge on any atom is -0.464 e. The molecule has 1 saturated carbocycles. The lowest BCUT2D eigenvalue weighted by Gasteiger charge is -2.15. The van der Waals surface area contributed by atoms with E-state index in [2.05, 4.69) is 23.8 Å². The summed E-state index contributed by atoms with van der Waals surface area (Å²) in [7, 11) is 0. The molecule has 30 heavy (non-hydrogen) atoms. The van der Waals surface area contributed by atoms with E-state index in [9.17, 15) is 23.9 Å². The van der Waals surface area contributed by atoms with Crippen molar-refractivity contribution >= 4 is 17.5 Å². The second-order valence-corrected chi connectivity index (χ2v) is 8.32. The normalized spacial score (nSPS) is 21.1. The van der Waals surface area contributed by atoms with E-state index in [1.165, 1.54) is 0 Å². The number of aliphatic hydroxyl groups is 1. The quantitative estimate of drug-likeness (QED) is 0.167. The second-order valence-electron chi connectivity index (χ2n) is 8.32. The van der Waals surface area contributed by atoms with E-state index in [1.807, 2.05) is 0 Å². The highest BCUT2D eigenvalue weighted by Gasteiger charge is 2.32. The van der Waals surface area contributed by atoms with Crippen LogP contribution in [-0.2, 0) is 19.1 Å². The Morgan fingerprint density at radius 3 is 2.67 bits per heavy atom. The van der Waals surface area contributed by atoms with E-state index >= 15 is 0 Å². The Hall–Kier alpha value is -1.56. The fraction of sp³-hybridized carbons (Fsp3) is 0.792. The maximum absolute atomic E-state index is 13.1. The number of Topliss-reactive ketones (excluding diaryl/α,β-unsaturated/α-hetero) is 2. The van der Waals surface area contributed by atoms with E-state index in [0.29, 0.717) is 18.6 Å². The molecular weight excluding hydrogens is 387 g/mol. The summed E-state index contributed by atoms with van der Waals surface area (Å²) in [5, 5.41) is 9.60. The molecule has 0 aromatic rings. The van der Waals surface area contributed by atoms with Gasteiger partial charge in [-0.2, -0.15) is 0 Å². The predicted molar refractivity (Wildman–Crippen MR) is 115 cm³/mol. The fourth-order valence-electron chi connectivity index (χ4n) is 4.07. The molecule has 1 unspecified atom stereocenters. The zero-order chi connectivity index (χ0) is 22.4. The Morgan fingerprint density at radius 1 is 1.23 bits per heavy atom. The first-order valence-electron chi connectivity index (χ1n) is 11.6. The van der Waals surface area contributed by atoms with Gasteiger partial charge >= 0.3 is 5.97 Å². The van der Waals surface area contributed by atoms with Crippen molar-refractivity contribution < 1.29 is 28.6 Å². The Balaban J connectivity index is 2.33. The lowest BCUT2D eigenvalue weighted by Crippen LogP contribution is -2.31. The Morgan fingerprint density at radius 2 is 2.00 bits per heavy atom. The molecule has 172 valence electrons. The number of hydrogen-bond acceptors (Lipinski definition) is 5. The fourth-order valence-corrected chi connectivity index (χ4v) is 4.07. The predicted octanol–water partition coefficient (Wildman–Crippen LogP) is 4.75. The number of rotatable bonds is 16.